The average Bonchev–Trinajstić information content (AvgIpc) is 2.52. The van der Waals surface area contributed by atoms with E-state index in [9.17, 15) is 13.2 Å². The largest absolute Gasteiger partial charge is 0.355 e. The van der Waals surface area contributed by atoms with E-state index in [4.69, 9.17) is 5.73 Å². The molecular weight excluding hydrogens is 314 g/mol. The Kier molecular flexibility index (Phi) is 5.78. The Morgan fingerprint density at radius 2 is 1.96 bits per heavy atom. The molecule has 7 heteroatoms. The van der Waals surface area contributed by atoms with Gasteiger partial charge >= 0.3 is 0 Å². The van der Waals surface area contributed by atoms with Crippen LogP contribution in [0.4, 0.5) is 0 Å². The summed E-state index contributed by atoms with van der Waals surface area (Å²) in [5.74, 6) is -0.161. The standard InChI is InChI=1S/C16H25N3O3S/c1-12-3-4-15(13(2)11-12)23(21,22)19-9-5-14(6-10-19)16(20)18-8-7-17/h3-4,11,14H,5-10,17H2,1-2H3,(H,18,20). The van der Waals surface area contributed by atoms with Crippen LogP contribution in [0.5, 0.6) is 0 Å². The number of benzene rings is 1. The zero-order valence-corrected chi connectivity index (χ0v) is 14.5. The molecule has 1 aromatic carbocycles. The van der Waals surface area contributed by atoms with Crippen molar-refractivity contribution in [1.82, 2.24) is 9.62 Å². The van der Waals surface area contributed by atoms with Crippen molar-refractivity contribution < 1.29 is 13.2 Å². The molecule has 3 N–H and O–H groups in total. The molecule has 23 heavy (non-hydrogen) atoms. The van der Waals surface area contributed by atoms with Crippen LogP contribution in [-0.2, 0) is 14.8 Å². The summed E-state index contributed by atoms with van der Waals surface area (Å²) in [7, 11) is -3.49. The van der Waals surface area contributed by atoms with Gasteiger partial charge in [0.05, 0.1) is 4.90 Å². The molecule has 0 unspecified atom stereocenters. The SMILES string of the molecule is Cc1ccc(S(=O)(=O)N2CCC(C(=O)NCCN)CC2)c(C)c1. The third kappa shape index (κ3) is 4.10. The Hall–Kier alpha value is -1.44. The van der Waals surface area contributed by atoms with E-state index in [1.807, 2.05) is 26.0 Å². The number of rotatable bonds is 5. The minimum atomic E-state index is -3.49. The van der Waals surface area contributed by atoms with Gasteiger partial charge in [-0.05, 0) is 38.3 Å². The lowest BCUT2D eigenvalue weighted by molar-refractivity contribution is -0.126. The third-order valence-electron chi connectivity index (χ3n) is 4.22. The maximum atomic E-state index is 12.8. The lowest BCUT2D eigenvalue weighted by Crippen LogP contribution is -2.43. The Morgan fingerprint density at radius 3 is 2.52 bits per heavy atom. The summed E-state index contributed by atoms with van der Waals surface area (Å²) >= 11 is 0. The molecule has 0 aliphatic carbocycles. The second-order valence-corrected chi connectivity index (χ2v) is 7.93. The van der Waals surface area contributed by atoms with E-state index in [-0.39, 0.29) is 11.8 Å². The van der Waals surface area contributed by atoms with E-state index < -0.39 is 10.0 Å². The first-order valence-electron chi connectivity index (χ1n) is 7.91. The zero-order chi connectivity index (χ0) is 17.0. The molecule has 1 aliphatic rings. The number of nitrogens with one attached hydrogen (secondary N) is 1. The van der Waals surface area contributed by atoms with Crippen LogP contribution in [0.2, 0.25) is 0 Å². The lowest BCUT2D eigenvalue weighted by atomic mass is 9.97. The molecule has 0 bridgehead atoms. The number of carbonyl (C=O) groups excluding carboxylic acids is 1. The van der Waals surface area contributed by atoms with Gasteiger partial charge in [0.25, 0.3) is 0 Å². The minimum Gasteiger partial charge on any atom is -0.355 e. The molecule has 0 atom stereocenters. The van der Waals surface area contributed by atoms with E-state index >= 15 is 0 Å². The summed E-state index contributed by atoms with van der Waals surface area (Å²) < 4.78 is 27.0. The molecule has 0 saturated carbocycles. The van der Waals surface area contributed by atoms with Crippen molar-refractivity contribution in [2.75, 3.05) is 26.2 Å². The number of amides is 1. The van der Waals surface area contributed by atoms with E-state index in [0.717, 1.165) is 11.1 Å². The van der Waals surface area contributed by atoms with Crippen LogP contribution < -0.4 is 11.1 Å². The van der Waals surface area contributed by atoms with Gasteiger partial charge in [-0.25, -0.2) is 8.42 Å². The molecule has 1 saturated heterocycles. The van der Waals surface area contributed by atoms with Crippen molar-refractivity contribution in [3.8, 4) is 0 Å². The summed E-state index contributed by atoms with van der Waals surface area (Å²) in [5, 5.41) is 2.77. The predicted molar refractivity (Wildman–Crippen MR) is 89.5 cm³/mol. The third-order valence-corrected chi connectivity index (χ3v) is 6.28. The summed E-state index contributed by atoms with van der Waals surface area (Å²) in [5.41, 5.74) is 7.17. The molecule has 1 aromatic rings. The highest BCUT2D eigenvalue weighted by Crippen LogP contribution is 2.26. The maximum absolute atomic E-state index is 12.8. The molecule has 1 fully saturated rings. The molecule has 128 valence electrons. The van der Waals surface area contributed by atoms with Crippen molar-refractivity contribution in [3.05, 3.63) is 29.3 Å². The van der Waals surface area contributed by atoms with Crippen LogP contribution in [-0.4, -0.2) is 44.8 Å². The van der Waals surface area contributed by atoms with Crippen LogP contribution in [0, 0.1) is 19.8 Å². The van der Waals surface area contributed by atoms with Crippen LogP contribution in [0.1, 0.15) is 24.0 Å². The number of sulfonamides is 1. The molecule has 1 aliphatic heterocycles. The molecule has 0 spiro atoms. The Labute approximate surface area is 138 Å². The highest BCUT2D eigenvalue weighted by atomic mass is 32.2. The highest BCUT2D eigenvalue weighted by Gasteiger charge is 2.32. The van der Waals surface area contributed by atoms with Gasteiger partial charge in [0.1, 0.15) is 0 Å². The predicted octanol–water partition coefficient (Wildman–Crippen LogP) is 0.779. The molecule has 1 amide bonds. The van der Waals surface area contributed by atoms with Gasteiger partial charge < -0.3 is 11.1 Å². The number of nitrogens with two attached hydrogens (primary N) is 1. The van der Waals surface area contributed by atoms with Gasteiger partial charge in [-0.1, -0.05) is 17.7 Å². The van der Waals surface area contributed by atoms with Crippen molar-refractivity contribution in [3.63, 3.8) is 0 Å². The van der Waals surface area contributed by atoms with E-state index in [1.165, 1.54) is 4.31 Å². The minimum absolute atomic E-state index is 0.0287. The van der Waals surface area contributed by atoms with Crippen LogP contribution in [0.25, 0.3) is 0 Å². The quantitative estimate of drug-likeness (QED) is 0.829. The van der Waals surface area contributed by atoms with Gasteiger partial charge in [0, 0.05) is 32.1 Å². The van der Waals surface area contributed by atoms with Crippen LogP contribution in [0.3, 0.4) is 0 Å². The monoisotopic (exact) mass is 339 g/mol. The van der Waals surface area contributed by atoms with Crippen molar-refractivity contribution >= 4 is 15.9 Å². The fourth-order valence-corrected chi connectivity index (χ4v) is 4.60. The van der Waals surface area contributed by atoms with E-state index in [1.54, 1.807) is 6.07 Å². The smallest absolute Gasteiger partial charge is 0.243 e. The number of hydrogen-bond acceptors (Lipinski definition) is 4. The number of piperidine rings is 1. The first-order valence-corrected chi connectivity index (χ1v) is 9.35. The van der Waals surface area contributed by atoms with E-state index in [2.05, 4.69) is 5.32 Å². The summed E-state index contributed by atoms with van der Waals surface area (Å²) in [6.07, 6.45) is 1.08. The molecule has 6 nitrogen and oxygen atoms in total. The van der Waals surface area contributed by atoms with Crippen LogP contribution >= 0.6 is 0 Å². The fourth-order valence-electron chi connectivity index (χ4n) is 2.93. The fraction of sp³-hybridized carbons (Fsp3) is 0.562. The maximum Gasteiger partial charge on any atom is 0.243 e. The molecule has 0 radical (unpaired) electrons. The van der Waals surface area contributed by atoms with Gasteiger partial charge in [-0.15, -0.1) is 0 Å². The van der Waals surface area contributed by atoms with Crippen LogP contribution in [0.15, 0.2) is 23.1 Å². The molecular formula is C16H25N3O3S. The van der Waals surface area contributed by atoms with E-state index in [0.29, 0.717) is 43.9 Å². The van der Waals surface area contributed by atoms with Gasteiger partial charge in [0.2, 0.25) is 15.9 Å². The highest BCUT2D eigenvalue weighted by molar-refractivity contribution is 7.89. The van der Waals surface area contributed by atoms with Gasteiger partial charge in [-0.3, -0.25) is 4.79 Å². The number of aryl methyl sites for hydroxylation is 2. The second-order valence-electron chi connectivity index (χ2n) is 6.03. The van der Waals surface area contributed by atoms with Gasteiger partial charge in [0.15, 0.2) is 0 Å². The van der Waals surface area contributed by atoms with Crippen molar-refractivity contribution in [2.24, 2.45) is 11.7 Å². The molecule has 0 aromatic heterocycles. The molecule has 1 heterocycles. The molecule has 2 rings (SSSR count). The topological polar surface area (TPSA) is 92.5 Å². The number of hydrogen-bond donors (Lipinski definition) is 2. The summed E-state index contributed by atoms with van der Waals surface area (Å²) in [6.45, 7) is 5.36. The normalized spacial score (nSPS) is 17.2. The Balaban J connectivity index is 2.05. The second kappa shape index (κ2) is 7.42. The van der Waals surface area contributed by atoms with Crippen molar-refractivity contribution in [1.29, 1.82) is 0 Å². The number of carbonyl (C=O) groups is 1. The first-order chi connectivity index (χ1) is 10.9. The number of nitrogens with zero attached hydrogens (tertiary/aromatic N) is 1. The average molecular weight is 339 g/mol. The first kappa shape index (κ1) is 17.9. The summed E-state index contributed by atoms with van der Waals surface area (Å²) in [4.78, 5) is 12.3. The lowest BCUT2D eigenvalue weighted by Gasteiger charge is -2.31. The van der Waals surface area contributed by atoms with Crippen molar-refractivity contribution in [2.45, 2.75) is 31.6 Å². The zero-order valence-electron chi connectivity index (χ0n) is 13.7. The van der Waals surface area contributed by atoms with Gasteiger partial charge in [-0.2, -0.15) is 4.31 Å². The summed E-state index contributed by atoms with van der Waals surface area (Å²) in [6, 6.07) is 5.35. The Morgan fingerprint density at radius 1 is 1.30 bits per heavy atom. The Bertz CT molecular complexity index is 665.